The third-order valence-electron chi connectivity index (χ3n) is 2.85. The zero-order valence-corrected chi connectivity index (χ0v) is 20.3. The second kappa shape index (κ2) is 12.5. The van der Waals surface area contributed by atoms with Gasteiger partial charge in [0.25, 0.3) is 0 Å². The predicted molar refractivity (Wildman–Crippen MR) is 81.7 cm³/mol. The average Bonchev–Trinajstić information content (AvgIpc) is 2.51. The van der Waals surface area contributed by atoms with Gasteiger partial charge in [0.05, 0.1) is 0 Å². The topological polar surface area (TPSA) is 0 Å². The van der Waals surface area contributed by atoms with Crippen molar-refractivity contribution in [1.82, 2.24) is 0 Å². The average molecular weight is 328 g/mol. The first-order valence-electron chi connectivity index (χ1n) is 6.13. The summed E-state index contributed by atoms with van der Waals surface area (Å²) in [6, 6.07) is 34.2. The van der Waals surface area contributed by atoms with Crippen molar-refractivity contribution in [3.8, 4) is 0 Å². The molecule has 3 aromatic carbocycles. The Labute approximate surface area is 200 Å². The molecule has 0 saturated heterocycles. The Morgan fingerprint density at radius 1 is 0.545 bits per heavy atom. The van der Waals surface area contributed by atoms with E-state index in [0.717, 1.165) is 0 Å². The van der Waals surface area contributed by atoms with Crippen molar-refractivity contribution in [1.29, 1.82) is 0 Å². The van der Waals surface area contributed by atoms with E-state index in [4.69, 9.17) is 0 Å². The van der Waals surface area contributed by atoms with Crippen LogP contribution in [0.5, 0.6) is 0 Å². The SMILES string of the molecule is [Na+].[Na+].[Na+].[c-]1cccc(P(c2c[c-]ccc2)c2c[c-]ccc2)c1. The molecule has 3 rings (SSSR count). The van der Waals surface area contributed by atoms with Gasteiger partial charge in [0.2, 0.25) is 0 Å². The first-order valence-corrected chi connectivity index (χ1v) is 7.48. The minimum atomic E-state index is -0.540. The summed E-state index contributed by atoms with van der Waals surface area (Å²) in [7, 11) is -0.540. The van der Waals surface area contributed by atoms with Crippen LogP contribution in [0.4, 0.5) is 0 Å². The van der Waals surface area contributed by atoms with Gasteiger partial charge in [0, 0.05) is 0 Å². The van der Waals surface area contributed by atoms with Crippen molar-refractivity contribution in [2.45, 2.75) is 0 Å². The van der Waals surface area contributed by atoms with Gasteiger partial charge in [-0.15, -0.1) is 15.9 Å². The Kier molecular flexibility index (Phi) is 13.1. The summed E-state index contributed by atoms with van der Waals surface area (Å²) in [5.74, 6) is 0. The second-order valence-electron chi connectivity index (χ2n) is 4.12. The van der Waals surface area contributed by atoms with Gasteiger partial charge in [0.1, 0.15) is 0 Å². The Morgan fingerprint density at radius 3 is 1.09 bits per heavy atom. The van der Waals surface area contributed by atoms with Crippen molar-refractivity contribution < 1.29 is 88.7 Å². The summed E-state index contributed by atoms with van der Waals surface area (Å²) < 4.78 is 0. The first kappa shape index (κ1) is 23.1. The summed E-state index contributed by atoms with van der Waals surface area (Å²) in [5.41, 5.74) is 0. The number of hydrogen-bond acceptors (Lipinski definition) is 0. The summed E-state index contributed by atoms with van der Waals surface area (Å²) in [6.07, 6.45) is 0. The maximum absolute atomic E-state index is 3.18. The molecule has 0 atom stereocenters. The van der Waals surface area contributed by atoms with Gasteiger partial charge < -0.3 is 0 Å². The quantitative estimate of drug-likeness (QED) is 0.255. The third kappa shape index (κ3) is 6.19. The molecule has 0 saturated carbocycles. The Balaban J connectivity index is 0.00000147. The van der Waals surface area contributed by atoms with Crippen molar-refractivity contribution in [2.24, 2.45) is 0 Å². The fourth-order valence-corrected chi connectivity index (χ4v) is 4.23. The molecule has 0 fully saturated rings. The van der Waals surface area contributed by atoms with E-state index >= 15 is 0 Å². The Bertz CT molecular complexity index is 536. The van der Waals surface area contributed by atoms with Crippen LogP contribution in [0.2, 0.25) is 0 Å². The first-order chi connectivity index (χ1) is 9.45. The summed E-state index contributed by atoms with van der Waals surface area (Å²) in [4.78, 5) is 0. The maximum atomic E-state index is 3.18. The van der Waals surface area contributed by atoms with Crippen molar-refractivity contribution in [2.75, 3.05) is 0 Å². The van der Waals surface area contributed by atoms with Crippen LogP contribution < -0.4 is 105 Å². The van der Waals surface area contributed by atoms with E-state index in [9.17, 15) is 0 Å². The molecule has 0 N–H and O–H groups in total. The van der Waals surface area contributed by atoms with Crippen LogP contribution in [0.25, 0.3) is 0 Å². The molecule has 0 radical (unpaired) electrons. The number of rotatable bonds is 3. The van der Waals surface area contributed by atoms with E-state index in [1.807, 2.05) is 36.4 Å². The predicted octanol–water partition coefficient (Wildman–Crippen LogP) is -6.14. The summed E-state index contributed by atoms with van der Waals surface area (Å²) >= 11 is 0. The standard InChI is InChI=1S/C18H12P.3Na/c1-4-10-16(11-5-1)19(17-12-6-2-7-13-17)18-14-8-3-9-15-18;;;/h1-4,6,8,10-15H;;;/q-3;3*+1. The largest absolute Gasteiger partial charge is 1.00 e. The van der Waals surface area contributed by atoms with Crippen LogP contribution in [0.15, 0.2) is 72.8 Å². The van der Waals surface area contributed by atoms with E-state index in [1.165, 1.54) is 15.9 Å². The van der Waals surface area contributed by atoms with E-state index in [1.54, 1.807) is 0 Å². The van der Waals surface area contributed by atoms with Gasteiger partial charge in [-0.2, -0.15) is 98.9 Å². The molecule has 0 aliphatic heterocycles. The van der Waals surface area contributed by atoms with Gasteiger partial charge in [-0.3, -0.25) is 0 Å². The molecule has 0 aliphatic carbocycles. The molecular formula is C18H12Na3P. The van der Waals surface area contributed by atoms with E-state index in [0.29, 0.717) is 0 Å². The van der Waals surface area contributed by atoms with Gasteiger partial charge in [0.15, 0.2) is 0 Å². The maximum Gasteiger partial charge on any atom is 1.00 e. The van der Waals surface area contributed by atoms with E-state index in [-0.39, 0.29) is 88.7 Å². The molecule has 0 nitrogen and oxygen atoms in total. The van der Waals surface area contributed by atoms with Gasteiger partial charge in [-0.05, 0) is 0 Å². The summed E-state index contributed by atoms with van der Waals surface area (Å²) in [5, 5.41) is 3.91. The fourth-order valence-electron chi connectivity index (χ4n) is 2.02. The van der Waals surface area contributed by atoms with Gasteiger partial charge in [-0.1, -0.05) is 0 Å². The zero-order valence-electron chi connectivity index (χ0n) is 13.4. The van der Waals surface area contributed by atoms with Gasteiger partial charge >= 0.3 is 88.7 Å². The molecule has 0 heterocycles. The van der Waals surface area contributed by atoms with Crippen LogP contribution in [0.1, 0.15) is 0 Å². The van der Waals surface area contributed by atoms with Crippen molar-refractivity contribution >= 4 is 23.8 Å². The minimum Gasteiger partial charge on any atom is -0.192 e. The number of hydrogen-bond donors (Lipinski definition) is 0. The van der Waals surface area contributed by atoms with Crippen molar-refractivity contribution in [3.05, 3.63) is 91.0 Å². The van der Waals surface area contributed by atoms with E-state index in [2.05, 4.69) is 54.6 Å². The smallest absolute Gasteiger partial charge is 0.192 e. The molecule has 0 amide bonds. The second-order valence-corrected chi connectivity index (χ2v) is 6.34. The molecule has 3 aromatic rings. The molecular weight excluding hydrogens is 316 g/mol. The molecule has 0 spiro atoms. The monoisotopic (exact) mass is 328 g/mol. The molecule has 0 aromatic heterocycles. The van der Waals surface area contributed by atoms with Crippen LogP contribution in [-0.2, 0) is 0 Å². The Hall–Kier alpha value is 1.09. The third-order valence-corrected chi connectivity index (χ3v) is 5.23. The molecule has 92 valence electrons. The van der Waals surface area contributed by atoms with Crippen LogP contribution in [-0.4, -0.2) is 0 Å². The van der Waals surface area contributed by atoms with Gasteiger partial charge in [-0.25, -0.2) is 0 Å². The molecule has 0 unspecified atom stereocenters. The minimum absolute atomic E-state index is 0. The molecule has 0 bridgehead atoms. The summed E-state index contributed by atoms with van der Waals surface area (Å²) in [6.45, 7) is 0. The fraction of sp³-hybridized carbons (Fsp3) is 0. The normalized spacial score (nSPS) is 9.14. The van der Waals surface area contributed by atoms with Crippen LogP contribution in [0, 0.1) is 18.2 Å². The number of benzene rings is 3. The van der Waals surface area contributed by atoms with Crippen molar-refractivity contribution in [3.63, 3.8) is 0 Å². The van der Waals surface area contributed by atoms with Crippen LogP contribution >= 0.6 is 7.92 Å². The molecule has 4 heteroatoms. The Morgan fingerprint density at radius 2 is 0.864 bits per heavy atom. The zero-order chi connectivity index (χ0) is 12.9. The molecule has 22 heavy (non-hydrogen) atoms. The van der Waals surface area contributed by atoms with Crippen LogP contribution in [0.3, 0.4) is 0 Å². The van der Waals surface area contributed by atoms with E-state index < -0.39 is 7.92 Å². The molecule has 0 aliphatic rings.